The van der Waals surface area contributed by atoms with E-state index in [1.54, 1.807) is 13.8 Å². The maximum atomic E-state index is 12.0. The summed E-state index contributed by atoms with van der Waals surface area (Å²) >= 11 is 6.12. The number of carbonyl (C=O) groups is 2. The summed E-state index contributed by atoms with van der Waals surface area (Å²) in [7, 11) is 0. The molecule has 1 rings (SSSR count). The molecule has 0 aromatic heterocycles. The normalized spacial score (nSPS) is 11.6. The Morgan fingerprint density at radius 3 is 2.62 bits per heavy atom. The summed E-state index contributed by atoms with van der Waals surface area (Å²) in [6.45, 7) is 5.95. The van der Waals surface area contributed by atoms with Crippen LogP contribution in [0.5, 0.6) is 0 Å². The molecule has 7 heteroatoms. The number of amides is 1. The molecule has 21 heavy (non-hydrogen) atoms. The van der Waals surface area contributed by atoms with Gasteiger partial charge in [0, 0.05) is 12.2 Å². The van der Waals surface area contributed by atoms with Crippen molar-refractivity contribution in [1.29, 1.82) is 0 Å². The second-order valence-electron chi connectivity index (χ2n) is 4.41. The molecule has 6 nitrogen and oxygen atoms in total. The van der Waals surface area contributed by atoms with Crippen LogP contribution in [-0.4, -0.2) is 31.1 Å². The average molecular weight is 314 g/mol. The number of anilines is 2. The van der Waals surface area contributed by atoms with Crippen molar-refractivity contribution in [3.63, 3.8) is 0 Å². The Hall–Kier alpha value is -1.95. The van der Waals surface area contributed by atoms with E-state index >= 15 is 0 Å². The Bertz CT molecular complexity index is 534. The first-order valence-electron chi connectivity index (χ1n) is 6.71. The summed E-state index contributed by atoms with van der Waals surface area (Å²) in [5.74, 6) is -0.738. The van der Waals surface area contributed by atoms with Crippen molar-refractivity contribution in [2.75, 3.05) is 24.2 Å². The molecule has 1 aromatic carbocycles. The van der Waals surface area contributed by atoms with E-state index in [2.05, 4.69) is 10.6 Å². The number of ether oxygens (including phenoxy) is 1. The fourth-order valence-electron chi connectivity index (χ4n) is 1.75. The third-order valence-corrected chi connectivity index (χ3v) is 3.01. The molecule has 0 saturated heterocycles. The Morgan fingerprint density at radius 2 is 2.05 bits per heavy atom. The summed E-state index contributed by atoms with van der Waals surface area (Å²) < 4.78 is 4.97. The largest absolute Gasteiger partial charge is 0.462 e. The highest BCUT2D eigenvalue weighted by Gasteiger charge is 2.20. The maximum absolute atomic E-state index is 12.0. The maximum Gasteiger partial charge on any atom is 0.340 e. The molecule has 0 radical (unpaired) electrons. The molecule has 0 fully saturated rings. The SMILES string of the molecule is CCNC(=O)C(C)Nc1c(Cl)cc(N)cc1C(=O)OCC. The zero-order chi connectivity index (χ0) is 16.0. The second kappa shape index (κ2) is 7.73. The molecule has 0 aliphatic heterocycles. The van der Waals surface area contributed by atoms with Gasteiger partial charge in [0.05, 0.1) is 22.9 Å². The van der Waals surface area contributed by atoms with E-state index in [4.69, 9.17) is 22.1 Å². The van der Waals surface area contributed by atoms with Crippen molar-refractivity contribution in [2.24, 2.45) is 0 Å². The van der Waals surface area contributed by atoms with Gasteiger partial charge in [-0.05, 0) is 32.9 Å². The van der Waals surface area contributed by atoms with Crippen LogP contribution in [0.1, 0.15) is 31.1 Å². The summed E-state index contributed by atoms with van der Waals surface area (Å²) in [4.78, 5) is 23.7. The van der Waals surface area contributed by atoms with Gasteiger partial charge >= 0.3 is 5.97 Å². The van der Waals surface area contributed by atoms with Crippen LogP contribution in [-0.2, 0) is 9.53 Å². The number of carbonyl (C=O) groups excluding carboxylic acids is 2. The summed E-state index contributed by atoms with van der Waals surface area (Å²) in [6.07, 6.45) is 0. The third kappa shape index (κ3) is 4.53. The highest BCUT2D eigenvalue weighted by Crippen LogP contribution is 2.30. The molecule has 1 unspecified atom stereocenters. The molecular formula is C14H20ClN3O3. The van der Waals surface area contributed by atoms with Crippen LogP contribution in [0.2, 0.25) is 5.02 Å². The van der Waals surface area contributed by atoms with Gasteiger partial charge in [0.15, 0.2) is 0 Å². The third-order valence-electron chi connectivity index (χ3n) is 2.71. The minimum absolute atomic E-state index is 0.194. The van der Waals surface area contributed by atoms with Gasteiger partial charge < -0.3 is 21.1 Å². The summed E-state index contributed by atoms with van der Waals surface area (Å²) in [6, 6.07) is 2.42. The van der Waals surface area contributed by atoms with E-state index in [9.17, 15) is 9.59 Å². The summed E-state index contributed by atoms with van der Waals surface area (Å²) in [5.41, 5.74) is 6.59. The first kappa shape index (κ1) is 17.1. The number of nitrogen functional groups attached to an aromatic ring is 1. The quantitative estimate of drug-likeness (QED) is 0.552. The Kier molecular flexibility index (Phi) is 6.30. The number of nitrogens with one attached hydrogen (secondary N) is 2. The second-order valence-corrected chi connectivity index (χ2v) is 4.81. The van der Waals surface area contributed by atoms with Gasteiger partial charge in [0.1, 0.15) is 6.04 Å². The fraction of sp³-hybridized carbons (Fsp3) is 0.429. The van der Waals surface area contributed by atoms with Gasteiger partial charge in [-0.2, -0.15) is 0 Å². The zero-order valence-electron chi connectivity index (χ0n) is 12.3. The van der Waals surface area contributed by atoms with E-state index in [0.717, 1.165) is 0 Å². The van der Waals surface area contributed by atoms with Crippen molar-refractivity contribution in [3.05, 3.63) is 22.7 Å². The van der Waals surface area contributed by atoms with Crippen LogP contribution in [0.4, 0.5) is 11.4 Å². The number of halogens is 1. The number of likely N-dealkylation sites (N-methyl/N-ethyl adjacent to an activating group) is 1. The van der Waals surface area contributed by atoms with Crippen molar-refractivity contribution >= 4 is 34.9 Å². The number of benzene rings is 1. The monoisotopic (exact) mass is 313 g/mol. The lowest BCUT2D eigenvalue weighted by atomic mass is 10.1. The molecule has 0 saturated carbocycles. The molecule has 0 spiro atoms. The van der Waals surface area contributed by atoms with E-state index in [1.807, 2.05) is 6.92 Å². The number of hydrogen-bond acceptors (Lipinski definition) is 5. The Labute approximate surface area is 129 Å². The van der Waals surface area contributed by atoms with Gasteiger partial charge in [0.2, 0.25) is 5.91 Å². The molecule has 116 valence electrons. The van der Waals surface area contributed by atoms with Crippen molar-refractivity contribution in [2.45, 2.75) is 26.8 Å². The lowest BCUT2D eigenvalue weighted by Crippen LogP contribution is -2.37. The van der Waals surface area contributed by atoms with Crippen LogP contribution in [0.25, 0.3) is 0 Å². The smallest absolute Gasteiger partial charge is 0.340 e. The highest BCUT2D eigenvalue weighted by molar-refractivity contribution is 6.34. The first-order valence-corrected chi connectivity index (χ1v) is 7.08. The topological polar surface area (TPSA) is 93.5 Å². The van der Waals surface area contributed by atoms with Crippen molar-refractivity contribution in [1.82, 2.24) is 5.32 Å². The Morgan fingerprint density at radius 1 is 1.38 bits per heavy atom. The van der Waals surface area contributed by atoms with Crippen LogP contribution in [0.3, 0.4) is 0 Å². The standard InChI is InChI=1S/C14H20ClN3O3/c1-4-17-13(19)8(3)18-12-10(14(20)21-5-2)6-9(16)7-11(12)15/h6-8,18H,4-5,16H2,1-3H3,(H,17,19). The summed E-state index contributed by atoms with van der Waals surface area (Å²) in [5, 5.41) is 5.87. The highest BCUT2D eigenvalue weighted by atomic mass is 35.5. The van der Waals surface area contributed by atoms with Crippen LogP contribution in [0, 0.1) is 0 Å². The van der Waals surface area contributed by atoms with Crippen molar-refractivity contribution in [3.8, 4) is 0 Å². The Balaban J connectivity index is 3.10. The fourth-order valence-corrected chi connectivity index (χ4v) is 2.04. The number of hydrogen-bond donors (Lipinski definition) is 3. The lowest BCUT2D eigenvalue weighted by molar-refractivity contribution is -0.121. The zero-order valence-corrected chi connectivity index (χ0v) is 13.1. The van der Waals surface area contributed by atoms with Crippen molar-refractivity contribution < 1.29 is 14.3 Å². The van der Waals surface area contributed by atoms with Crippen LogP contribution in [0.15, 0.2) is 12.1 Å². The average Bonchev–Trinajstić information content (AvgIpc) is 2.41. The lowest BCUT2D eigenvalue weighted by Gasteiger charge is -2.18. The molecule has 0 bridgehead atoms. The molecule has 1 aromatic rings. The van der Waals surface area contributed by atoms with E-state index < -0.39 is 12.0 Å². The van der Waals surface area contributed by atoms with Gasteiger partial charge in [-0.1, -0.05) is 11.6 Å². The molecule has 1 atom stereocenters. The molecule has 4 N–H and O–H groups in total. The minimum atomic E-state index is -0.556. The first-order chi connectivity index (χ1) is 9.90. The predicted octanol–water partition coefficient (Wildman–Crippen LogP) is 2.04. The molecule has 0 heterocycles. The number of nitrogens with two attached hydrogens (primary N) is 1. The van der Waals surface area contributed by atoms with Gasteiger partial charge in [-0.3, -0.25) is 4.79 Å². The van der Waals surface area contributed by atoms with E-state index in [-0.39, 0.29) is 23.1 Å². The molecule has 0 aliphatic rings. The number of rotatable bonds is 6. The van der Waals surface area contributed by atoms with Crippen LogP contribution < -0.4 is 16.4 Å². The molecule has 1 amide bonds. The van der Waals surface area contributed by atoms with E-state index in [0.29, 0.717) is 17.9 Å². The van der Waals surface area contributed by atoms with E-state index in [1.165, 1.54) is 12.1 Å². The van der Waals surface area contributed by atoms with Gasteiger partial charge in [-0.25, -0.2) is 4.79 Å². The predicted molar refractivity (Wildman–Crippen MR) is 83.6 cm³/mol. The van der Waals surface area contributed by atoms with Crippen LogP contribution >= 0.6 is 11.6 Å². The minimum Gasteiger partial charge on any atom is -0.462 e. The molecular weight excluding hydrogens is 294 g/mol. The number of esters is 1. The van der Waals surface area contributed by atoms with Gasteiger partial charge in [0.25, 0.3) is 0 Å². The van der Waals surface area contributed by atoms with Gasteiger partial charge in [-0.15, -0.1) is 0 Å². The molecule has 0 aliphatic carbocycles.